The molecule has 0 aromatic heterocycles. The van der Waals surface area contributed by atoms with E-state index in [1.807, 2.05) is 0 Å². The largest absolute Gasteiger partial charge is 0.456 e. The van der Waals surface area contributed by atoms with Crippen molar-refractivity contribution in [1.29, 1.82) is 0 Å². The van der Waals surface area contributed by atoms with Crippen LogP contribution >= 0.6 is 23.2 Å². The predicted octanol–water partition coefficient (Wildman–Crippen LogP) is 2.21. The summed E-state index contributed by atoms with van der Waals surface area (Å²) in [6.07, 6.45) is -0.726. The van der Waals surface area contributed by atoms with Crippen molar-refractivity contribution in [1.82, 2.24) is 0 Å². The maximum atomic E-state index is 11.8. The Morgan fingerprint density at radius 1 is 1.44 bits per heavy atom. The second-order valence-corrected chi connectivity index (χ2v) is 4.88. The molecule has 1 aliphatic rings. The molecule has 0 spiro atoms. The first-order valence-corrected chi connectivity index (χ1v) is 6.28. The smallest absolute Gasteiger partial charge is 0.338 e. The number of aliphatic hydroxyl groups excluding tert-OH is 1. The van der Waals surface area contributed by atoms with Crippen molar-refractivity contribution in [3.8, 4) is 0 Å². The molecule has 0 radical (unpaired) electrons. The summed E-state index contributed by atoms with van der Waals surface area (Å²) in [6.45, 7) is -0.234. The molecule has 1 N–H and O–H groups in total. The number of rotatable bonds is 3. The van der Waals surface area contributed by atoms with Crippen molar-refractivity contribution < 1.29 is 19.4 Å². The van der Waals surface area contributed by atoms with Gasteiger partial charge >= 0.3 is 5.97 Å². The highest BCUT2D eigenvalue weighted by Gasteiger charge is 2.36. The molecule has 0 unspecified atom stereocenters. The molecule has 98 valence electrons. The zero-order chi connectivity index (χ0) is 13.1. The number of carbonyl (C=O) groups is 1. The Labute approximate surface area is 114 Å². The molecule has 1 aromatic rings. The Bertz CT molecular complexity index is 421. The third-order valence-electron chi connectivity index (χ3n) is 2.67. The number of carbonyl (C=O) groups excluding carboxylic acids is 1. The molecular weight excluding hydrogens is 279 g/mol. The number of alkyl halides is 1. The quantitative estimate of drug-likeness (QED) is 0.685. The van der Waals surface area contributed by atoms with E-state index in [0.29, 0.717) is 17.0 Å². The Kier molecular flexibility index (Phi) is 4.45. The highest BCUT2D eigenvalue weighted by molar-refractivity contribution is 6.30. The Hall–Kier alpha value is -0.810. The van der Waals surface area contributed by atoms with Gasteiger partial charge in [0.05, 0.1) is 12.2 Å². The van der Waals surface area contributed by atoms with E-state index in [0.717, 1.165) is 0 Å². The molecule has 1 heterocycles. The van der Waals surface area contributed by atoms with Crippen LogP contribution in [0.1, 0.15) is 16.8 Å². The molecule has 0 bridgehead atoms. The van der Waals surface area contributed by atoms with E-state index >= 15 is 0 Å². The minimum atomic E-state index is -0.566. The summed E-state index contributed by atoms with van der Waals surface area (Å²) < 4.78 is 10.5. The summed E-state index contributed by atoms with van der Waals surface area (Å²) in [5, 5.41) is 9.63. The fraction of sp³-hybridized carbons (Fsp3) is 0.417. The van der Waals surface area contributed by atoms with Gasteiger partial charge in [0.15, 0.2) is 0 Å². The zero-order valence-corrected chi connectivity index (χ0v) is 10.9. The van der Waals surface area contributed by atoms with Crippen LogP contribution in [0.15, 0.2) is 24.3 Å². The van der Waals surface area contributed by atoms with Gasteiger partial charge < -0.3 is 14.6 Å². The average molecular weight is 291 g/mol. The minimum absolute atomic E-state index is 0.234. The molecule has 4 nitrogen and oxygen atoms in total. The van der Waals surface area contributed by atoms with E-state index in [1.54, 1.807) is 24.3 Å². The van der Waals surface area contributed by atoms with Gasteiger partial charge in [0.1, 0.15) is 17.8 Å². The van der Waals surface area contributed by atoms with Crippen molar-refractivity contribution in [2.75, 3.05) is 6.61 Å². The van der Waals surface area contributed by atoms with E-state index in [4.69, 9.17) is 37.8 Å². The summed E-state index contributed by atoms with van der Waals surface area (Å²) in [7, 11) is 0. The van der Waals surface area contributed by atoms with Crippen LogP contribution in [0.4, 0.5) is 0 Å². The molecular formula is C12H12Cl2O4. The number of halogens is 2. The SMILES string of the molecule is O=C(O[C@H]1C[C@@H](Cl)O[C@@H]1CO)c1ccc(Cl)cc1. The Balaban J connectivity index is 2.00. The molecule has 1 aliphatic heterocycles. The lowest BCUT2D eigenvalue weighted by molar-refractivity contribution is -0.0232. The first kappa shape index (κ1) is 13.6. The van der Waals surface area contributed by atoms with Crippen molar-refractivity contribution >= 4 is 29.2 Å². The van der Waals surface area contributed by atoms with Gasteiger partial charge in [-0.05, 0) is 24.3 Å². The van der Waals surface area contributed by atoms with Gasteiger partial charge in [-0.25, -0.2) is 4.79 Å². The van der Waals surface area contributed by atoms with Crippen LogP contribution in [-0.2, 0) is 9.47 Å². The molecule has 1 saturated heterocycles. The molecule has 0 saturated carbocycles. The van der Waals surface area contributed by atoms with Crippen LogP contribution in [0.5, 0.6) is 0 Å². The number of esters is 1. The van der Waals surface area contributed by atoms with Crippen molar-refractivity contribution in [2.24, 2.45) is 0 Å². The topological polar surface area (TPSA) is 55.8 Å². The van der Waals surface area contributed by atoms with Crippen LogP contribution in [0.3, 0.4) is 0 Å². The normalized spacial score (nSPS) is 27.2. The molecule has 1 aromatic carbocycles. The second kappa shape index (κ2) is 5.89. The summed E-state index contributed by atoms with van der Waals surface area (Å²) in [4.78, 5) is 11.8. The highest BCUT2D eigenvalue weighted by atomic mass is 35.5. The first-order chi connectivity index (χ1) is 8.60. The fourth-order valence-corrected chi connectivity index (χ4v) is 2.18. The van der Waals surface area contributed by atoms with Crippen LogP contribution in [0.25, 0.3) is 0 Å². The minimum Gasteiger partial charge on any atom is -0.456 e. The lowest BCUT2D eigenvalue weighted by Crippen LogP contribution is -2.30. The van der Waals surface area contributed by atoms with Crippen LogP contribution < -0.4 is 0 Å². The second-order valence-electron chi connectivity index (χ2n) is 3.95. The number of benzene rings is 1. The number of ether oxygens (including phenoxy) is 2. The van der Waals surface area contributed by atoms with E-state index < -0.39 is 23.7 Å². The zero-order valence-electron chi connectivity index (χ0n) is 9.38. The van der Waals surface area contributed by atoms with Gasteiger partial charge in [-0.2, -0.15) is 0 Å². The van der Waals surface area contributed by atoms with Crippen LogP contribution in [0, 0.1) is 0 Å². The molecule has 6 heteroatoms. The monoisotopic (exact) mass is 290 g/mol. The van der Waals surface area contributed by atoms with Crippen molar-refractivity contribution in [3.63, 3.8) is 0 Å². The van der Waals surface area contributed by atoms with E-state index in [9.17, 15) is 4.79 Å². The maximum absolute atomic E-state index is 11.8. The van der Waals surface area contributed by atoms with Crippen molar-refractivity contribution in [2.45, 2.75) is 24.2 Å². The first-order valence-electron chi connectivity index (χ1n) is 5.47. The van der Waals surface area contributed by atoms with E-state index in [2.05, 4.69) is 0 Å². The van der Waals surface area contributed by atoms with Gasteiger partial charge in [-0.15, -0.1) is 0 Å². The number of hydrogen-bond donors (Lipinski definition) is 1. The highest BCUT2D eigenvalue weighted by Crippen LogP contribution is 2.26. The van der Waals surface area contributed by atoms with Crippen LogP contribution in [0.2, 0.25) is 5.02 Å². The Morgan fingerprint density at radius 3 is 2.72 bits per heavy atom. The molecule has 0 aliphatic carbocycles. The van der Waals surface area contributed by atoms with Gasteiger partial charge in [-0.3, -0.25) is 0 Å². The molecule has 3 atom stereocenters. The van der Waals surface area contributed by atoms with E-state index in [1.165, 1.54) is 0 Å². The molecule has 18 heavy (non-hydrogen) atoms. The Morgan fingerprint density at radius 2 is 2.11 bits per heavy atom. The number of aliphatic hydroxyl groups is 1. The molecule has 0 amide bonds. The molecule has 1 fully saturated rings. The third kappa shape index (κ3) is 3.14. The summed E-state index contributed by atoms with van der Waals surface area (Å²) in [6, 6.07) is 6.37. The maximum Gasteiger partial charge on any atom is 0.338 e. The van der Waals surface area contributed by atoms with Gasteiger partial charge in [0.25, 0.3) is 0 Å². The van der Waals surface area contributed by atoms with Crippen molar-refractivity contribution in [3.05, 3.63) is 34.9 Å². The summed E-state index contributed by atoms with van der Waals surface area (Å²) in [5.74, 6) is -0.482. The predicted molar refractivity (Wildman–Crippen MR) is 66.9 cm³/mol. The summed E-state index contributed by atoms with van der Waals surface area (Å²) in [5.41, 5.74) is -0.140. The molecule has 2 rings (SSSR count). The van der Waals surface area contributed by atoms with Gasteiger partial charge in [0.2, 0.25) is 0 Å². The number of hydrogen-bond acceptors (Lipinski definition) is 4. The lowest BCUT2D eigenvalue weighted by atomic mass is 10.2. The van der Waals surface area contributed by atoms with Gasteiger partial charge in [0, 0.05) is 11.4 Å². The van der Waals surface area contributed by atoms with E-state index in [-0.39, 0.29) is 6.61 Å². The van der Waals surface area contributed by atoms with Gasteiger partial charge in [-0.1, -0.05) is 23.2 Å². The van der Waals surface area contributed by atoms with Crippen LogP contribution in [-0.4, -0.2) is 35.5 Å². The third-order valence-corrected chi connectivity index (χ3v) is 3.21. The standard InChI is InChI=1S/C12H12Cl2O4/c13-8-3-1-7(2-4-8)12(16)18-9-5-11(14)17-10(9)6-15/h1-4,9-11,15H,5-6H2/t9-,10+,11-/m0/s1. The summed E-state index contributed by atoms with van der Waals surface area (Å²) >= 11 is 11.5. The fourth-order valence-electron chi connectivity index (χ4n) is 1.74. The lowest BCUT2D eigenvalue weighted by Gasteiger charge is -2.16. The average Bonchev–Trinajstić information content (AvgIpc) is 2.70.